The van der Waals surface area contributed by atoms with Crippen LogP contribution in [0.4, 0.5) is 10.2 Å². The standard InChI is InChI=1S/C42H38FIN6O8/c43-37-36(29-20-25(51)19-24-5-1-2-6-27(24)29)32(44)22-31-38(37)45-23-46-39(31)49-14-12-48(13-15-49)35(53)7-3-4-16-57-17-18-58-26-8-9-28-30(21-26)42(56)50(41(28)55)33-10-11-34(52)47-40(33)54/h1-2,5-6,8-9,19-23,33,51H,3-4,7,10-18H2,(H,47,52,54). The SMILES string of the molecule is O=C1CCC(N2C(=O)c3ccc(OCCOCCCCC(=O)N4CCN(c5ncnc6c(F)c(-c7cc(O)cc8ccccc78)c(I)cc56)CC4)cc3C2=O)C(=O)N1. The summed E-state index contributed by atoms with van der Waals surface area (Å²) in [4.78, 5) is 76.5. The molecule has 4 heterocycles. The van der Waals surface area contributed by atoms with Crippen LogP contribution in [0.2, 0.25) is 0 Å². The lowest BCUT2D eigenvalue weighted by Gasteiger charge is -2.36. The molecule has 3 aliphatic rings. The number of aromatic hydroxyl groups is 1. The fourth-order valence-electron chi connectivity index (χ4n) is 7.78. The summed E-state index contributed by atoms with van der Waals surface area (Å²) in [6, 6.07) is 16.2. The van der Waals surface area contributed by atoms with Crippen molar-refractivity contribution in [2.24, 2.45) is 0 Å². The molecule has 14 nitrogen and oxygen atoms in total. The molecule has 0 radical (unpaired) electrons. The Balaban J connectivity index is 0.780. The first-order valence-electron chi connectivity index (χ1n) is 19.0. The molecule has 3 aliphatic heterocycles. The summed E-state index contributed by atoms with van der Waals surface area (Å²) in [5.74, 6) is -1.67. The number of piperidine rings is 1. The second-order valence-corrected chi connectivity index (χ2v) is 15.5. The number of benzene rings is 4. The quantitative estimate of drug-likeness (QED) is 0.0957. The van der Waals surface area contributed by atoms with Crippen molar-refractivity contribution in [2.45, 2.75) is 38.1 Å². The van der Waals surface area contributed by atoms with Crippen LogP contribution in [-0.4, -0.2) is 106 Å². The lowest BCUT2D eigenvalue weighted by atomic mass is 9.96. The highest BCUT2D eigenvalue weighted by molar-refractivity contribution is 14.1. The van der Waals surface area contributed by atoms with Crippen molar-refractivity contribution in [1.29, 1.82) is 0 Å². The number of amides is 5. The summed E-state index contributed by atoms with van der Waals surface area (Å²) in [5, 5.41) is 14.8. The molecule has 0 aliphatic carbocycles. The van der Waals surface area contributed by atoms with E-state index in [1.165, 1.54) is 18.5 Å². The van der Waals surface area contributed by atoms with Gasteiger partial charge in [0.1, 0.15) is 41.8 Å². The first-order valence-corrected chi connectivity index (χ1v) is 20.1. The molecule has 2 N–H and O–H groups in total. The van der Waals surface area contributed by atoms with Crippen LogP contribution < -0.4 is 15.0 Å². The van der Waals surface area contributed by atoms with Gasteiger partial charge in [0.15, 0.2) is 5.82 Å². The Kier molecular flexibility index (Phi) is 11.2. The number of nitrogens with one attached hydrogen (secondary N) is 1. The highest BCUT2D eigenvalue weighted by atomic mass is 127. The Hall–Kier alpha value is -5.75. The molecule has 5 aromatic rings. The molecular weight excluding hydrogens is 862 g/mol. The lowest BCUT2D eigenvalue weighted by Crippen LogP contribution is -2.54. The predicted molar refractivity (Wildman–Crippen MR) is 219 cm³/mol. The molecule has 1 aromatic heterocycles. The number of piperazine rings is 1. The third-order valence-corrected chi connectivity index (χ3v) is 11.5. The molecule has 5 amide bonds. The number of unbranched alkanes of at least 4 members (excludes halogenated alkanes) is 1. The molecule has 1 unspecified atom stereocenters. The maximum absolute atomic E-state index is 16.3. The molecule has 2 saturated heterocycles. The van der Waals surface area contributed by atoms with Crippen LogP contribution in [0.5, 0.6) is 11.5 Å². The second kappa shape index (κ2) is 16.6. The molecule has 2 fully saturated rings. The van der Waals surface area contributed by atoms with Gasteiger partial charge in [0.2, 0.25) is 17.7 Å². The van der Waals surface area contributed by atoms with Gasteiger partial charge in [-0.25, -0.2) is 14.4 Å². The maximum Gasteiger partial charge on any atom is 0.262 e. The van der Waals surface area contributed by atoms with E-state index >= 15 is 4.39 Å². The van der Waals surface area contributed by atoms with Gasteiger partial charge in [0, 0.05) is 60.1 Å². The predicted octanol–water partition coefficient (Wildman–Crippen LogP) is 5.22. The van der Waals surface area contributed by atoms with Crippen molar-refractivity contribution in [3.8, 4) is 22.6 Å². The third kappa shape index (κ3) is 7.65. The minimum atomic E-state index is -1.03. The number of imide groups is 2. The van der Waals surface area contributed by atoms with Crippen molar-refractivity contribution in [3.63, 3.8) is 0 Å². The molecule has 8 rings (SSSR count). The molecule has 0 bridgehead atoms. The number of hydrogen-bond donors (Lipinski definition) is 2. The van der Waals surface area contributed by atoms with E-state index in [0.717, 1.165) is 15.7 Å². The number of fused-ring (bicyclic) bond motifs is 3. The van der Waals surface area contributed by atoms with Crippen molar-refractivity contribution in [2.75, 3.05) is 50.9 Å². The number of halogens is 2. The molecule has 4 aromatic carbocycles. The van der Waals surface area contributed by atoms with E-state index in [-0.39, 0.29) is 54.4 Å². The van der Waals surface area contributed by atoms with Crippen LogP contribution in [0.15, 0.2) is 67.0 Å². The van der Waals surface area contributed by atoms with E-state index in [9.17, 15) is 29.1 Å². The van der Waals surface area contributed by atoms with Gasteiger partial charge in [-0.05, 0) is 94.6 Å². The Morgan fingerprint density at radius 3 is 2.48 bits per heavy atom. The van der Waals surface area contributed by atoms with Gasteiger partial charge in [-0.15, -0.1) is 0 Å². The summed E-state index contributed by atoms with van der Waals surface area (Å²) in [5.41, 5.74) is 1.47. The summed E-state index contributed by atoms with van der Waals surface area (Å²) in [6.07, 6.45) is 3.20. The smallest absolute Gasteiger partial charge is 0.262 e. The Labute approximate surface area is 345 Å². The summed E-state index contributed by atoms with van der Waals surface area (Å²) < 4.78 is 28.4. The average Bonchev–Trinajstić information content (AvgIpc) is 3.46. The van der Waals surface area contributed by atoms with E-state index in [4.69, 9.17) is 9.47 Å². The van der Waals surface area contributed by atoms with Crippen LogP contribution in [-0.2, 0) is 19.1 Å². The first-order chi connectivity index (χ1) is 28.1. The number of rotatable bonds is 12. The van der Waals surface area contributed by atoms with E-state index in [0.29, 0.717) is 83.7 Å². The largest absolute Gasteiger partial charge is 0.508 e. The van der Waals surface area contributed by atoms with Crippen LogP contribution in [0.1, 0.15) is 52.8 Å². The number of ether oxygens (including phenoxy) is 2. The second-order valence-electron chi connectivity index (χ2n) is 14.3. The minimum Gasteiger partial charge on any atom is -0.508 e. The number of anilines is 1. The van der Waals surface area contributed by atoms with Gasteiger partial charge in [0.05, 0.1) is 17.7 Å². The molecule has 58 heavy (non-hydrogen) atoms. The van der Waals surface area contributed by atoms with Crippen LogP contribution in [0.3, 0.4) is 0 Å². The van der Waals surface area contributed by atoms with Crippen LogP contribution >= 0.6 is 22.6 Å². The van der Waals surface area contributed by atoms with Gasteiger partial charge >= 0.3 is 0 Å². The zero-order valence-corrected chi connectivity index (χ0v) is 33.4. The summed E-state index contributed by atoms with van der Waals surface area (Å²) in [6.45, 7) is 2.98. The molecule has 16 heteroatoms. The Morgan fingerprint density at radius 1 is 0.879 bits per heavy atom. The highest BCUT2D eigenvalue weighted by Gasteiger charge is 2.44. The van der Waals surface area contributed by atoms with Gasteiger partial charge in [-0.2, -0.15) is 0 Å². The van der Waals surface area contributed by atoms with E-state index < -0.39 is 35.5 Å². The number of carbonyl (C=O) groups excluding carboxylic acids is 5. The number of hydrogen-bond acceptors (Lipinski definition) is 11. The number of nitrogens with zero attached hydrogens (tertiary/aromatic N) is 5. The molecule has 1 atom stereocenters. The molecule has 0 spiro atoms. The van der Waals surface area contributed by atoms with Crippen LogP contribution in [0.25, 0.3) is 32.8 Å². The lowest BCUT2D eigenvalue weighted by molar-refractivity contribution is -0.136. The topological polar surface area (TPSA) is 172 Å². The summed E-state index contributed by atoms with van der Waals surface area (Å²) in [7, 11) is 0. The van der Waals surface area contributed by atoms with Crippen molar-refractivity contribution in [3.05, 3.63) is 87.5 Å². The van der Waals surface area contributed by atoms with Crippen molar-refractivity contribution in [1.82, 2.24) is 25.1 Å². The normalized spacial score (nSPS) is 17.0. The van der Waals surface area contributed by atoms with E-state index in [2.05, 4.69) is 42.8 Å². The monoisotopic (exact) mass is 900 g/mol. The number of aromatic nitrogens is 2. The molecule has 298 valence electrons. The molecular formula is C42H38FIN6O8. The first kappa shape index (κ1) is 39.1. The number of carbonyl (C=O) groups is 5. The number of phenols is 1. The highest BCUT2D eigenvalue weighted by Crippen LogP contribution is 2.40. The minimum absolute atomic E-state index is 0.0467. The zero-order valence-electron chi connectivity index (χ0n) is 31.2. The average molecular weight is 901 g/mol. The zero-order chi connectivity index (χ0) is 40.5. The van der Waals surface area contributed by atoms with Gasteiger partial charge in [-0.1, -0.05) is 24.3 Å². The number of phenolic OH excluding ortho intramolecular Hbond substituents is 1. The van der Waals surface area contributed by atoms with Gasteiger partial charge < -0.3 is 24.4 Å². The van der Waals surface area contributed by atoms with Crippen molar-refractivity contribution >= 4 is 79.6 Å². The van der Waals surface area contributed by atoms with E-state index in [1.54, 1.807) is 18.2 Å². The van der Waals surface area contributed by atoms with Crippen molar-refractivity contribution < 1.29 is 42.9 Å². The van der Waals surface area contributed by atoms with Gasteiger partial charge in [-0.3, -0.25) is 34.2 Å². The third-order valence-electron chi connectivity index (χ3n) is 10.7. The molecule has 0 saturated carbocycles. The van der Waals surface area contributed by atoms with Crippen LogP contribution in [0, 0.1) is 9.39 Å². The fraction of sp³-hybridized carbons (Fsp3) is 0.310. The Morgan fingerprint density at radius 2 is 1.67 bits per heavy atom. The maximum atomic E-state index is 16.3. The van der Waals surface area contributed by atoms with E-state index in [1.807, 2.05) is 35.2 Å². The summed E-state index contributed by atoms with van der Waals surface area (Å²) >= 11 is 2.12. The van der Waals surface area contributed by atoms with Gasteiger partial charge in [0.25, 0.3) is 11.8 Å². The fourth-order valence-corrected chi connectivity index (χ4v) is 8.62. The Bertz CT molecular complexity index is 2490.